The highest BCUT2D eigenvalue weighted by Gasteiger charge is 2.48. The number of rotatable bonds is 8. The van der Waals surface area contributed by atoms with Gasteiger partial charge in [-0.1, -0.05) is 231 Å². The van der Waals surface area contributed by atoms with Gasteiger partial charge >= 0.3 is 0 Å². The van der Waals surface area contributed by atoms with Crippen LogP contribution in [0.15, 0.2) is 249 Å². The number of fused-ring (bicyclic) bond motifs is 6. The molecule has 0 amide bonds. The first kappa shape index (κ1) is 36.8. The molecule has 298 valence electrons. The lowest BCUT2D eigenvalue weighted by Crippen LogP contribution is -2.37. The molecule has 0 bridgehead atoms. The van der Waals surface area contributed by atoms with Gasteiger partial charge in [-0.2, -0.15) is 0 Å². The Labute approximate surface area is 369 Å². The molecule has 1 aliphatic carbocycles. The minimum Gasteiger partial charge on any atom is -0.307 e. The van der Waals surface area contributed by atoms with E-state index in [4.69, 9.17) is 0 Å². The fraction of sp³-hybridized carbons (Fsp3) is 0.0333. The van der Waals surface area contributed by atoms with Crippen LogP contribution in [0.2, 0.25) is 0 Å². The molecule has 3 heteroatoms. The van der Waals surface area contributed by atoms with Crippen LogP contribution in [0, 0.1) is 0 Å². The van der Waals surface area contributed by atoms with Crippen molar-refractivity contribution in [2.24, 2.45) is 0 Å². The number of para-hydroxylation sites is 1. The highest BCUT2D eigenvalue weighted by atomic mass is 15.6. The molecule has 9 aromatic carbocycles. The van der Waals surface area contributed by atoms with Crippen molar-refractivity contribution in [2.75, 3.05) is 4.90 Å². The Balaban J connectivity index is 1.21. The Bertz CT molecular complexity index is 3140. The number of nitrogens with one attached hydrogen (secondary N) is 1. The molecule has 0 saturated carbocycles. The fourth-order valence-electron chi connectivity index (χ4n) is 10.6. The van der Waals surface area contributed by atoms with Crippen LogP contribution in [0.1, 0.15) is 56.1 Å². The van der Waals surface area contributed by atoms with Crippen molar-refractivity contribution in [2.45, 2.75) is 11.5 Å². The predicted molar refractivity (Wildman–Crippen MR) is 259 cm³/mol. The van der Waals surface area contributed by atoms with Gasteiger partial charge in [0.1, 0.15) is 0 Å². The minimum absolute atomic E-state index is 0.106. The Morgan fingerprint density at radius 3 is 1.52 bits per heavy atom. The summed E-state index contributed by atoms with van der Waals surface area (Å²) in [5.41, 5.74) is 23.7. The molecule has 0 spiro atoms. The van der Waals surface area contributed by atoms with Crippen molar-refractivity contribution in [1.29, 1.82) is 0 Å². The quantitative estimate of drug-likeness (QED) is 0.165. The topological polar surface area (TPSA) is 18.5 Å². The minimum atomic E-state index is -0.548. The first-order valence-electron chi connectivity index (χ1n) is 21.8. The summed E-state index contributed by atoms with van der Waals surface area (Å²) >= 11 is 0. The van der Waals surface area contributed by atoms with E-state index in [9.17, 15) is 0 Å². The Hall–Kier alpha value is -7.98. The second-order valence-electron chi connectivity index (χ2n) is 16.4. The molecular formula is C60H43N3. The summed E-state index contributed by atoms with van der Waals surface area (Å²) in [5, 5.41) is 2.40. The van der Waals surface area contributed by atoms with Crippen molar-refractivity contribution >= 4 is 34.0 Å². The number of anilines is 2. The van der Waals surface area contributed by atoms with Gasteiger partial charge in [-0.25, -0.2) is 5.43 Å². The Kier molecular flexibility index (Phi) is 8.88. The largest absolute Gasteiger partial charge is 0.307 e. The number of nitrogens with zero attached hydrogens (tertiary/aromatic N) is 2. The average Bonchev–Trinajstić information content (AvgIpc) is 3.92. The highest BCUT2D eigenvalue weighted by Crippen LogP contribution is 2.61. The third-order valence-corrected chi connectivity index (χ3v) is 13.1. The van der Waals surface area contributed by atoms with Gasteiger partial charge in [0, 0.05) is 33.5 Å². The van der Waals surface area contributed by atoms with Gasteiger partial charge < -0.3 is 4.90 Å². The molecular weight excluding hydrogens is 763 g/mol. The van der Waals surface area contributed by atoms with E-state index >= 15 is 0 Å². The number of hydrogen-bond donors (Lipinski definition) is 1. The molecule has 2 heterocycles. The fourth-order valence-corrected chi connectivity index (χ4v) is 10.6. The van der Waals surface area contributed by atoms with Crippen molar-refractivity contribution in [1.82, 2.24) is 10.4 Å². The maximum atomic E-state index is 4.13. The number of hydrogen-bond acceptors (Lipinski definition) is 3. The zero-order valence-corrected chi connectivity index (χ0v) is 34.6. The molecule has 0 fully saturated rings. The van der Waals surface area contributed by atoms with Gasteiger partial charge in [0.2, 0.25) is 0 Å². The van der Waals surface area contributed by atoms with E-state index in [0.29, 0.717) is 0 Å². The molecule has 63 heavy (non-hydrogen) atoms. The molecule has 0 aromatic heterocycles. The van der Waals surface area contributed by atoms with E-state index in [1.165, 1.54) is 55.6 Å². The maximum Gasteiger partial charge on any atom is 0.0897 e. The van der Waals surface area contributed by atoms with E-state index in [2.05, 4.69) is 264 Å². The lowest BCUT2D eigenvalue weighted by Gasteiger charge is -2.40. The predicted octanol–water partition coefficient (Wildman–Crippen LogP) is 14.2. The summed E-state index contributed by atoms with van der Waals surface area (Å²) in [6.07, 6.45) is 0. The smallest absolute Gasteiger partial charge is 0.0897 e. The normalized spacial score (nSPS) is 15.7. The van der Waals surface area contributed by atoms with Crippen LogP contribution in [-0.2, 0) is 5.41 Å². The van der Waals surface area contributed by atoms with Crippen molar-refractivity contribution in [3.8, 4) is 11.1 Å². The average molecular weight is 806 g/mol. The molecule has 2 aliphatic heterocycles. The molecule has 1 atom stereocenters. The molecule has 1 unspecified atom stereocenters. The summed E-state index contributed by atoms with van der Waals surface area (Å²) in [4.78, 5) is 2.54. The van der Waals surface area contributed by atoms with Crippen LogP contribution in [0.25, 0.3) is 33.8 Å². The monoisotopic (exact) mass is 805 g/mol. The molecule has 0 saturated heterocycles. The summed E-state index contributed by atoms with van der Waals surface area (Å²) in [5.74, 6) is 0. The van der Waals surface area contributed by atoms with Crippen LogP contribution in [-0.4, -0.2) is 5.01 Å². The van der Waals surface area contributed by atoms with Crippen molar-refractivity contribution in [3.63, 3.8) is 0 Å². The SMILES string of the molecule is c1ccc(C2=C3c4ccccc4C(N(c4ccccc4)c4cccc5c4-c4ccccc4C5(c4ccccc4)c4ccccc4)=C(c4ccccc4)N3NC2c2ccccc2)cc1. The lowest BCUT2D eigenvalue weighted by atomic mass is 9.68. The molecule has 3 aliphatic rings. The second-order valence-corrected chi connectivity index (χ2v) is 16.4. The third-order valence-electron chi connectivity index (χ3n) is 13.1. The van der Waals surface area contributed by atoms with Crippen molar-refractivity contribution in [3.05, 3.63) is 299 Å². The molecule has 9 aromatic rings. The van der Waals surface area contributed by atoms with Gasteiger partial charge in [-0.05, 0) is 57.1 Å². The van der Waals surface area contributed by atoms with E-state index in [-0.39, 0.29) is 6.04 Å². The van der Waals surface area contributed by atoms with Crippen LogP contribution < -0.4 is 10.3 Å². The maximum absolute atomic E-state index is 4.13. The number of benzene rings is 9. The molecule has 12 rings (SSSR count). The van der Waals surface area contributed by atoms with Crippen LogP contribution in [0.5, 0.6) is 0 Å². The van der Waals surface area contributed by atoms with E-state index in [1.54, 1.807) is 0 Å². The Morgan fingerprint density at radius 1 is 0.397 bits per heavy atom. The molecule has 3 nitrogen and oxygen atoms in total. The van der Waals surface area contributed by atoms with Gasteiger partial charge in [0.25, 0.3) is 0 Å². The van der Waals surface area contributed by atoms with Gasteiger partial charge in [-0.15, -0.1) is 0 Å². The lowest BCUT2D eigenvalue weighted by molar-refractivity contribution is 0.403. The van der Waals surface area contributed by atoms with Crippen molar-refractivity contribution < 1.29 is 0 Å². The third kappa shape index (κ3) is 5.71. The highest BCUT2D eigenvalue weighted by molar-refractivity contribution is 6.13. The van der Waals surface area contributed by atoms with Crippen LogP contribution in [0.4, 0.5) is 11.4 Å². The van der Waals surface area contributed by atoms with Gasteiger partial charge in [0.05, 0.1) is 34.2 Å². The zero-order valence-electron chi connectivity index (χ0n) is 34.6. The standard InChI is InChI=1S/C60H43N3/c1-7-24-42(25-8-1)54-56(43-26-9-2-10-27-43)61-63-57(44-28-11-3-12-29-44)59(49-37-20-19-36-48(49)58(54)63)62(47-34-17-6-18-35-47)53-41-23-40-52-55(53)50-38-21-22-39-51(50)60(52,45-30-13-4-14-31-45)46-32-15-5-16-33-46/h1-41,56,61H. The van der Waals surface area contributed by atoms with E-state index in [1.807, 2.05) is 0 Å². The zero-order chi connectivity index (χ0) is 41.7. The second kappa shape index (κ2) is 15.2. The first-order chi connectivity index (χ1) is 31.3. The summed E-state index contributed by atoms with van der Waals surface area (Å²) in [6, 6.07) is 90.7. The Morgan fingerprint density at radius 2 is 0.889 bits per heavy atom. The van der Waals surface area contributed by atoms with Gasteiger partial charge in [0.15, 0.2) is 0 Å². The van der Waals surface area contributed by atoms with E-state index in [0.717, 1.165) is 39.6 Å². The number of hydrazine groups is 1. The van der Waals surface area contributed by atoms with Gasteiger partial charge in [-0.3, -0.25) is 5.01 Å². The van der Waals surface area contributed by atoms with Crippen LogP contribution in [0.3, 0.4) is 0 Å². The van der Waals surface area contributed by atoms with E-state index < -0.39 is 5.41 Å². The molecule has 0 radical (unpaired) electrons. The summed E-state index contributed by atoms with van der Waals surface area (Å²) in [7, 11) is 0. The summed E-state index contributed by atoms with van der Waals surface area (Å²) in [6.45, 7) is 0. The first-order valence-corrected chi connectivity index (χ1v) is 21.8. The molecule has 1 N–H and O–H groups in total. The van der Waals surface area contributed by atoms with Crippen LogP contribution >= 0.6 is 0 Å². The summed E-state index contributed by atoms with van der Waals surface area (Å²) < 4.78 is 0.